The van der Waals surface area contributed by atoms with Gasteiger partial charge in [0, 0.05) is 80.1 Å². The first-order valence-electron chi connectivity index (χ1n) is 16.2. The normalized spacial score (nSPS) is 19.0. The van der Waals surface area contributed by atoms with Crippen LogP contribution in [0.3, 0.4) is 0 Å². The number of rotatable bonds is 7. The zero-order valence-corrected chi connectivity index (χ0v) is 26.8. The number of anilines is 1. The molecule has 0 atom stereocenters. The average molecular weight is 619 g/mol. The highest BCUT2D eigenvalue weighted by Gasteiger charge is 2.34. The van der Waals surface area contributed by atoms with E-state index in [1.165, 1.54) is 0 Å². The summed E-state index contributed by atoms with van der Waals surface area (Å²) in [6.07, 6.45) is 5.55. The molecule has 10 nitrogen and oxygen atoms in total. The Morgan fingerprint density at radius 2 is 1.74 bits per heavy atom. The molecule has 0 radical (unpaired) electrons. The molecule has 238 valence electrons. The van der Waals surface area contributed by atoms with Crippen LogP contribution in [0.25, 0.3) is 38.9 Å². The van der Waals surface area contributed by atoms with Gasteiger partial charge in [-0.3, -0.25) is 9.30 Å². The van der Waals surface area contributed by atoms with Crippen LogP contribution in [0.1, 0.15) is 45.4 Å². The van der Waals surface area contributed by atoms with Crippen molar-refractivity contribution in [3.63, 3.8) is 0 Å². The lowest BCUT2D eigenvalue weighted by atomic mass is 9.79. The van der Waals surface area contributed by atoms with Gasteiger partial charge in [0.25, 0.3) is 0 Å². The van der Waals surface area contributed by atoms with E-state index >= 15 is 0 Å². The Morgan fingerprint density at radius 1 is 0.978 bits per heavy atom. The summed E-state index contributed by atoms with van der Waals surface area (Å²) in [6, 6.07) is 21.2. The molecular weight excluding hydrogens is 576 g/mol. The van der Waals surface area contributed by atoms with Gasteiger partial charge in [-0.1, -0.05) is 48.5 Å². The molecular formula is C36H42N8O2. The Labute approximate surface area is 269 Å². The van der Waals surface area contributed by atoms with Crippen LogP contribution >= 0.6 is 0 Å². The van der Waals surface area contributed by atoms with Crippen molar-refractivity contribution in [2.75, 3.05) is 45.0 Å². The number of hydrogen-bond acceptors (Lipinski definition) is 8. The van der Waals surface area contributed by atoms with E-state index in [0.29, 0.717) is 30.9 Å². The van der Waals surface area contributed by atoms with Crippen molar-refractivity contribution in [2.45, 2.75) is 51.2 Å². The topological polar surface area (TPSA) is 114 Å². The number of fused-ring (bicyclic) bond motifs is 2. The molecule has 3 N–H and O–H groups in total. The average Bonchev–Trinajstić information content (AvgIpc) is 3.42. The molecule has 2 aromatic carbocycles. The number of nitrogens with two attached hydrogens (primary N) is 1. The number of nitrogens with one attached hydrogen (secondary N) is 1. The van der Waals surface area contributed by atoms with Crippen LogP contribution < -0.4 is 11.1 Å². The third kappa shape index (κ3) is 6.27. The number of nitrogens with zero attached hydrogens (tertiary/aromatic N) is 6. The van der Waals surface area contributed by atoms with Crippen molar-refractivity contribution >= 4 is 28.3 Å². The molecule has 10 heteroatoms. The highest BCUT2D eigenvalue weighted by Crippen LogP contribution is 2.40. The first-order valence-corrected chi connectivity index (χ1v) is 16.2. The second kappa shape index (κ2) is 12.3. The maximum atomic E-state index is 12.4. The van der Waals surface area contributed by atoms with Gasteiger partial charge in [0.15, 0.2) is 0 Å². The molecule has 4 heterocycles. The quantitative estimate of drug-likeness (QED) is 0.243. The molecule has 3 aromatic heterocycles. The number of hydrogen-bond donors (Lipinski definition) is 2. The molecule has 2 aliphatic rings. The molecule has 1 saturated carbocycles. The van der Waals surface area contributed by atoms with Gasteiger partial charge >= 0.3 is 6.09 Å². The fourth-order valence-corrected chi connectivity index (χ4v) is 6.51. The fourth-order valence-electron chi connectivity index (χ4n) is 6.51. The van der Waals surface area contributed by atoms with Crippen LogP contribution in [0.15, 0.2) is 73.1 Å². The van der Waals surface area contributed by atoms with E-state index in [4.69, 9.17) is 20.4 Å². The number of nitrogen functional groups attached to an aromatic ring is 1. The van der Waals surface area contributed by atoms with Gasteiger partial charge in [-0.25, -0.2) is 19.7 Å². The minimum absolute atomic E-state index is 0.215. The Hall–Kier alpha value is -4.54. The van der Waals surface area contributed by atoms with Crippen LogP contribution in [0.4, 0.5) is 10.6 Å². The third-order valence-corrected chi connectivity index (χ3v) is 9.03. The highest BCUT2D eigenvalue weighted by molar-refractivity contribution is 5.91. The molecule has 0 bridgehead atoms. The molecule has 46 heavy (non-hydrogen) atoms. The van der Waals surface area contributed by atoms with E-state index < -0.39 is 5.60 Å². The van der Waals surface area contributed by atoms with Gasteiger partial charge in [-0.15, -0.1) is 0 Å². The summed E-state index contributed by atoms with van der Waals surface area (Å²) in [6.45, 7) is 10.7. The Balaban J connectivity index is 0.999. The molecule has 0 spiro atoms. The number of pyridine rings is 1. The van der Waals surface area contributed by atoms with Gasteiger partial charge in [0.1, 0.15) is 28.5 Å². The summed E-state index contributed by atoms with van der Waals surface area (Å²) in [7, 11) is 0. The van der Waals surface area contributed by atoms with Gasteiger partial charge in [-0.2, -0.15) is 0 Å². The zero-order valence-electron chi connectivity index (χ0n) is 26.8. The van der Waals surface area contributed by atoms with Gasteiger partial charge in [0.2, 0.25) is 0 Å². The first kappa shape index (κ1) is 30.1. The monoisotopic (exact) mass is 618 g/mol. The lowest BCUT2D eigenvalue weighted by Crippen LogP contribution is -2.52. The molecule has 5 aromatic rings. The maximum absolute atomic E-state index is 12.4. The van der Waals surface area contributed by atoms with Crippen LogP contribution in [0.2, 0.25) is 0 Å². The number of carbonyl (C=O) groups is 1. The largest absolute Gasteiger partial charge is 0.444 e. The molecule has 1 aliphatic heterocycles. The summed E-state index contributed by atoms with van der Waals surface area (Å²) >= 11 is 0. The van der Waals surface area contributed by atoms with Crippen molar-refractivity contribution in [2.24, 2.45) is 0 Å². The highest BCUT2D eigenvalue weighted by atomic mass is 16.6. The number of aromatic nitrogens is 4. The Bertz CT molecular complexity index is 1850. The predicted octanol–water partition coefficient (Wildman–Crippen LogP) is 5.58. The van der Waals surface area contributed by atoms with Gasteiger partial charge < -0.3 is 20.7 Å². The van der Waals surface area contributed by atoms with E-state index in [-0.39, 0.29) is 6.09 Å². The van der Waals surface area contributed by atoms with Crippen LogP contribution in [-0.4, -0.2) is 86.2 Å². The summed E-state index contributed by atoms with van der Waals surface area (Å²) in [4.78, 5) is 31.2. The number of benzene rings is 2. The molecule has 2 fully saturated rings. The fraction of sp³-hybridized carbons (Fsp3) is 0.389. The van der Waals surface area contributed by atoms with Crippen LogP contribution in [-0.2, 0) is 4.74 Å². The van der Waals surface area contributed by atoms with Crippen molar-refractivity contribution in [1.82, 2.24) is 34.5 Å². The molecule has 7 rings (SSSR count). The summed E-state index contributed by atoms with van der Waals surface area (Å²) in [5, 5.41) is 4.82. The van der Waals surface area contributed by atoms with Crippen molar-refractivity contribution < 1.29 is 9.53 Å². The van der Waals surface area contributed by atoms with Gasteiger partial charge in [0.05, 0.1) is 11.2 Å². The number of amides is 1. The maximum Gasteiger partial charge on any atom is 0.410 e. The molecule has 0 unspecified atom stereocenters. The second-order valence-electron chi connectivity index (χ2n) is 13.4. The van der Waals surface area contributed by atoms with Crippen molar-refractivity contribution in [3.05, 3.63) is 78.9 Å². The first-order chi connectivity index (χ1) is 22.2. The predicted molar refractivity (Wildman–Crippen MR) is 182 cm³/mol. The lowest BCUT2D eigenvalue weighted by molar-refractivity contribution is 0.0145. The third-order valence-electron chi connectivity index (χ3n) is 9.03. The van der Waals surface area contributed by atoms with E-state index in [1.54, 1.807) is 6.20 Å². The number of ether oxygens (including phenoxy) is 1. The van der Waals surface area contributed by atoms with Crippen LogP contribution in [0.5, 0.6) is 0 Å². The summed E-state index contributed by atoms with van der Waals surface area (Å²) in [5.41, 5.74) is 11.6. The Kier molecular flexibility index (Phi) is 8.08. The minimum Gasteiger partial charge on any atom is -0.444 e. The van der Waals surface area contributed by atoms with E-state index in [0.717, 1.165) is 83.8 Å². The Morgan fingerprint density at radius 3 is 2.50 bits per heavy atom. The zero-order chi connectivity index (χ0) is 31.8. The second-order valence-corrected chi connectivity index (χ2v) is 13.4. The SMILES string of the molecule is CC(C)(C)OC(=O)N1CCN(CCNC2CC(c3nc(-c4ccc5ccc(-c6ccccc6)nc5c4)c4c(N)nccn34)C2)CC1. The number of carbonyl (C=O) groups excluding carboxylic acids is 1. The molecule has 1 amide bonds. The number of piperazine rings is 1. The van der Waals surface area contributed by atoms with Crippen LogP contribution in [0, 0.1) is 0 Å². The van der Waals surface area contributed by atoms with Crippen molar-refractivity contribution in [1.29, 1.82) is 0 Å². The van der Waals surface area contributed by atoms with E-state index in [9.17, 15) is 4.79 Å². The lowest BCUT2D eigenvalue weighted by Gasteiger charge is -2.37. The molecule has 1 saturated heterocycles. The van der Waals surface area contributed by atoms with E-state index in [1.807, 2.05) is 50.1 Å². The molecule has 1 aliphatic carbocycles. The summed E-state index contributed by atoms with van der Waals surface area (Å²) < 4.78 is 7.65. The van der Waals surface area contributed by atoms with Gasteiger partial charge in [-0.05, 0) is 45.7 Å². The smallest absolute Gasteiger partial charge is 0.410 e. The standard InChI is InChI=1S/C36H42N8O2/c1-36(2,3)46-35(45)43-19-17-42(18-20-43)15-13-38-28-21-27(22-28)34-41-31(32-33(37)39-14-16-44(32)34)26-10-9-25-11-12-29(40-30(25)23-26)24-7-5-4-6-8-24/h4-12,14,16,23,27-28,38H,13,15,17-22H2,1-3H3,(H2,37,39). The minimum atomic E-state index is -0.465. The summed E-state index contributed by atoms with van der Waals surface area (Å²) in [5.74, 6) is 1.84. The van der Waals surface area contributed by atoms with Crippen molar-refractivity contribution in [3.8, 4) is 22.5 Å². The number of imidazole rings is 1. The van der Waals surface area contributed by atoms with E-state index in [2.05, 4.69) is 62.1 Å².